The van der Waals surface area contributed by atoms with Crippen molar-refractivity contribution in [2.45, 2.75) is 9.79 Å². The van der Waals surface area contributed by atoms with Gasteiger partial charge in [-0.15, -0.1) is 0 Å². The van der Waals surface area contributed by atoms with Gasteiger partial charge >= 0.3 is 11.9 Å². The van der Waals surface area contributed by atoms with Gasteiger partial charge in [-0.2, -0.15) is 10.5 Å². The van der Waals surface area contributed by atoms with Crippen molar-refractivity contribution < 1.29 is 38.3 Å². The number of sulfone groups is 1. The average molecular weight is 338 g/mol. The standard InChI is InChI=1S/C14H10O8S/c15-13(21-17)9-1-5-11(6-2-9)23(19,20)12-7-3-10(4-8-12)14(16)22-18/h1-8,17-18H. The van der Waals surface area contributed by atoms with Gasteiger partial charge in [-0.25, -0.2) is 18.0 Å². The number of hydrogen-bond donors (Lipinski definition) is 2. The molecule has 23 heavy (non-hydrogen) atoms. The third-order valence-electron chi connectivity index (χ3n) is 2.97. The van der Waals surface area contributed by atoms with Gasteiger partial charge in [0.25, 0.3) is 0 Å². The Labute approximate surface area is 130 Å². The van der Waals surface area contributed by atoms with Gasteiger partial charge in [0.05, 0.1) is 20.9 Å². The predicted molar refractivity (Wildman–Crippen MR) is 74.4 cm³/mol. The van der Waals surface area contributed by atoms with Crippen LogP contribution >= 0.6 is 0 Å². The summed E-state index contributed by atoms with van der Waals surface area (Å²) in [4.78, 5) is 29.1. The van der Waals surface area contributed by atoms with E-state index >= 15 is 0 Å². The molecule has 0 heterocycles. The number of carbonyl (C=O) groups is 2. The summed E-state index contributed by atoms with van der Waals surface area (Å²) < 4.78 is 24.8. The molecule has 120 valence electrons. The molecule has 0 amide bonds. The summed E-state index contributed by atoms with van der Waals surface area (Å²) in [6.45, 7) is 0. The van der Waals surface area contributed by atoms with Crippen LogP contribution in [0.2, 0.25) is 0 Å². The second kappa shape index (κ2) is 6.57. The Morgan fingerprint density at radius 2 is 1.00 bits per heavy atom. The molecular formula is C14H10O8S. The average Bonchev–Trinajstić information content (AvgIpc) is 2.60. The number of carbonyl (C=O) groups excluding carboxylic acids is 2. The maximum absolute atomic E-state index is 12.4. The summed E-state index contributed by atoms with van der Waals surface area (Å²) >= 11 is 0. The van der Waals surface area contributed by atoms with Crippen LogP contribution in [0.25, 0.3) is 0 Å². The highest BCUT2D eigenvalue weighted by Gasteiger charge is 2.19. The highest BCUT2D eigenvalue weighted by Crippen LogP contribution is 2.22. The van der Waals surface area contributed by atoms with Gasteiger partial charge in [0.15, 0.2) is 0 Å². The molecule has 2 N–H and O–H groups in total. The molecule has 0 aliphatic carbocycles. The lowest BCUT2D eigenvalue weighted by Gasteiger charge is -2.06. The van der Waals surface area contributed by atoms with Crippen molar-refractivity contribution in [2.75, 3.05) is 0 Å². The van der Waals surface area contributed by atoms with Crippen molar-refractivity contribution >= 4 is 21.8 Å². The lowest BCUT2D eigenvalue weighted by atomic mass is 10.2. The SMILES string of the molecule is O=C(OO)c1ccc(S(=O)(=O)c2ccc(C(=O)OO)cc2)cc1. The van der Waals surface area contributed by atoms with E-state index in [1.165, 1.54) is 48.5 Å². The number of benzene rings is 2. The van der Waals surface area contributed by atoms with Gasteiger partial charge in [0, 0.05) is 0 Å². The smallest absolute Gasteiger partial charge is 0.296 e. The molecule has 2 aromatic carbocycles. The Hall–Kier alpha value is -2.75. The van der Waals surface area contributed by atoms with Gasteiger partial charge in [0.1, 0.15) is 0 Å². The molecule has 0 bridgehead atoms. The summed E-state index contributed by atoms with van der Waals surface area (Å²) in [6, 6.07) is 9.45. The minimum atomic E-state index is -3.87. The van der Waals surface area contributed by atoms with Crippen LogP contribution in [0, 0.1) is 0 Å². The Balaban J connectivity index is 2.34. The summed E-state index contributed by atoms with van der Waals surface area (Å²) in [5.74, 6) is -2.03. The lowest BCUT2D eigenvalue weighted by molar-refractivity contribution is -0.182. The summed E-state index contributed by atoms with van der Waals surface area (Å²) in [7, 11) is -3.87. The highest BCUT2D eigenvalue weighted by atomic mass is 32.2. The zero-order valence-corrected chi connectivity index (χ0v) is 12.2. The fourth-order valence-corrected chi connectivity index (χ4v) is 3.04. The molecule has 2 aromatic rings. The van der Waals surface area contributed by atoms with E-state index in [-0.39, 0.29) is 20.9 Å². The van der Waals surface area contributed by atoms with E-state index in [4.69, 9.17) is 10.5 Å². The first kappa shape index (κ1) is 16.6. The topological polar surface area (TPSA) is 127 Å². The number of rotatable bonds is 4. The molecule has 2 rings (SSSR count). The van der Waals surface area contributed by atoms with Crippen molar-refractivity contribution in [3.63, 3.8) is 0 Å². The van der Waals surface area contributed by atoms with Crippen molar-refractivity contribution in [1.82, 2.24) is 0 Å². The van der Waals surface area contributed by atoms with Crippen molar-refractivity contribution in [3.05, 3.63) is 59.7 Å². The maximum atomic E-state index is 12.4. The molecule has 0 aromatic heterocycles. The van der Waals surface area contributed by atoms with E-state index in [1.807, 2.05) is 0 Å². The molecule has 0 aliphatic heterocycles. The predicted octanol–water partition coefficient (Wildman–Crippen LogP) is 1.78. The molecule has 0 radical (unpaired) electrons. The van der Waals surface area contributed by atoms with Gasteiger partial charge in [-0.05, 0) is 48.5 Å². The van der Waals surface area contributed by atoms with E-state index in [0.29, 0.717) is 0 Å². The second-order valence-electron chi connectivity index (χ2n) is 4.31. The fraction of sp³-hybridized carbons (Fsp3) is 0. The second-order valence-corrected chi connectivity index (χ2v) is 6.26. The van der Waals surface area contributed by atoms with Crippen molar-refractivity contribution in [1.29, 1.82) is 0 Å². The monoisotopic (exact) mass is 338 g/mol. The van der Waals surface area contributed by atoms with E-state index in [9.17, 15) is 18.0 Å². The van der Waals surface area contributed by atoms with Gasteiger partial charge in [0.2, 0.25) is 9.84 Å². The van der Waals surface area contributed by atoms with Gasteiger partial charge in [-0.3, -0.25) is 9.78 Å². The summed E-state index contributed by atoms with van der Waals surface area (Å²) in [5.41, 5.74) is -0.0417. The van der Waals surface area contributed by atoms with Crippen LogP contribution in [0.3, 0.4) is 0 Å². The minimum Gasteiger partial charge on any atom is -0.296 e. The van der Waals surface area contributed by atoms with E-state index in [2.05, 4.69) is 9.78 Å². The molecule has 0 saturated heterocycles. The van der Waals surface area contributed by atoms with Crippen LogP contribution in [0.15, 0.2) is 58.3 Å². The normalized spacial score (nSPS) is 10.9. The lowest BCUT2D eigenvalue weighted by Crippen LogP contribution is -2.06. The van der Waals surface area contributed by atoms with E-state index in [0.717, 1.165) is 0 Å². The third kappa shape index (κ3) is 3.37. The van der Waals surface area contributed by atoms with Crippen LogP contribution in [0.1, 0.15) is 20.7 Å². The molecule has 0 atom stereocenters. The Morgan fingerprint density at radius 3 is 1.26 bits per heavy atom. The minimum absolute atomic E-state index is 0.0208. The Kier molecular flexibility index (Phi) is 4.74. The zero-order valence-electron chi connectivity index (χ0n) is 11.4. The Morgan fingerprint density at radius 1 is 0.696 bits per heavy atom. The first-order valence-corrected chi connectivity index (χ1v) is 7.55. The summed E-state index contributed by atoms with van der Waals surface area (Å²) in [6.07, 6.45) is 0. The van der Waals surface area contributed by atoms with Crippen molar-refractivity contribution in [2.24, 2.45) is 0 Å². The fourth-order valence-electron chi connectivity index (χ4n) is 1.78. The molecule has 8 nitrogen and oxygen atoms in total. The van der Waals surface area contributed by atoms with Crippen LogP contribution < -0.4 is 0 Å². The maximum Gasteiger partial charge on any atom is 0.372 e. The Bertz CT molecular complexity index is 757. The first-order chi connectivity index (χ1) is 10.9. The van der Waals surface area contributed by atoms with Gasteiger partial charge < -0.3 is 0 Å². The molecule has 9 heteroatoms. The third-order valence-corrected chi connectivity index (χ3v) is 4.75. The number of hydrogen-bond acceptors (Lipinski definition) is 8. The van der Waals surface area contributed by atoms with Crippen LogP contribution in [0.5, 0.6) is 0 Å². The van der Waals surface area contributed by atoms with Crippen LogP contribution in [-0.4, -0.2) is 30.9 Å². The summed E-state index contributed by atoms with van der Waals surface area (Å²) in [5, 5.41) is 16.5. The molecular weight excluding hydrogens is 328 g/mol. The van der Waals surface area contributed by atoms with E-state index < -0.39 is 21.8 Å². The quantitative estimate of drug-likeness (QED) is 0.638. The van der Waals surface area contributed by atoms with Crippen LogP contribution in [0.4, 0.5) is 0 Å². The van der Waals surface area contributed by atoms with Gasteiger partial charge in [-0.1, -0.05) is 0 Å². The molecule has 0 aliphatic rings. The first-order valence-electron chi connectivity index (χ1n) is 6.07. The van der Waals surface area contributed by atoms with Crippen molar-refractivity contribution in [3.8, 4) is 0 Å². The molecule has 0 saturated carbocycles. The molecule has 0 spiro atoms. The zero-order chi connectivity index (χ0) is 17.0. The highest BCUT2D eigenvalue weighted by molar-refractivity contribution is 7.91. The molecule has 0 unspecified atom stereocenters. The van der Waals surface area contributed by atoms with Crippen LogP contribution in [-0.2, 0) is 19.6 Å². The van der Waals surface area contributed by atoms with E-state index in [1.54, 1.807) is 0 Å². The molecule has 0 fully saturated rings. The largest absolute Gasteiger partial charge is 0.372 e.